The van der Waals surface area contributed by atoms with Crippen LogP contribution in [0.2, 0.25) is 0 Å². The molecule has 0 aliphatic rings. The van der Waals surface area contributed by atoms with Crippen LogP contribution in [-0.2, 0) is 16.0 Å². The zero-order valence-corrected chi connectivity index (χ0v) is 9.87. The summed E-state index contributed by atoms with van der Waals surface area (Å²) in [5.74, 6) is -0.371. The molecule has 5 nitrogen and oxygen atoms in total. The highest BCUT2D eigenvalue weighted by Gasteiger charge is 2.13. The molecule has 0 radical (unpaired) electrons. The lowest BCUT2D eigenvalue weighted by Gasteiger charge is -2.05. The first-order chi connectivity index (χ1) is 8.74. The third-order valence-corrected chi connectivity index (χ3v) is 2.48. The van der Waals surface area contributed by atoms with Gasteiger partial charge in [0.1, 0.15) is 5.69 Å². The molecule has 92 valence electrons. The van der Waals surface area contributed by atoms with Crippen LogP contribution < -0.4 is 0 Å². The Balaban J connectivity index is 2.42. The van der Waals surface area contributed by atoms with Gasteiger partial charge in [-0.3, -0.25) is 9.59 Å². The van der Waals surface area contributed by atoms with E-state index < -0.39 is 0 Å². The number of para-hydroxylation sites is 1. The van der Waals surface area contributed by atoms with E-state index in [2.05, 4.69) is 9.84 Å². The van der Waals surface area contributed by atoms with Gasteiger partial charge in [-0.15, -0.1) is 0 Å². The molecule has 0 fully saturated rings. The second-order valence-corrected chi connectivity index (χ2v) is 3.68. The summed E-state index contributed by atoms with van der Waals surface area (Å²) in [5, 5.41) is 4.13. The number of hydrogen-bond donors (Lipinski definition) is 0. The predicted octanol–water partition coefficient (Wildman–Crippen LogP) is 1.40. The molecule has 0 amide bonds. The Morgan fingerprint density at radius 1 is 1.39 bits per heavy atom. The number of aldehydes is 1. The summed E-state index contributed by atoms with van der Waals surface area (Å²) in [6, 6.07) is 10.9. The van der Waals surface area contributed by atoms with Crippen molar-refractivity contribution in [1.82, 2.24) is 9.78 Å². The second kappa shape index (κ2) is 5.27. The van der Waals surface area contributed by atoms with E-state index in [4.69, 9.17) is 0 Å². The number of ether oxygens (including phenoxy) is 1. The minimum atomic E-state index is -0.371. The highest BCUT2D eigenvalue weighted by molar-refractivity contribution is 5.75. The average Bonchev–Trinajstić information content (AvgIpc) is 2.82. The van der Waals surface area contributed by atoms with Crippen LogP contribution in [0.25, 0.3) is 5.69 Å². The van der Waals surface area contributed by atoms with Gasteiger partial charge in [0.05, 0.1) is 24.9 Å². The van der Waals surface area contributed by atoms with Crippen LogP contribution in [0.1, 0.15) is 16.2 Å². The fourth-order valence-corrected chi connectivity index (χ4v) is 1.64. The topological polar surface area (TPSA) is 61.2 Å². The maximum atomic E-state index is 11.3. The molecule has 2 rings (SSSR count). The van der Waals surface area contributed by atoms with E-state index in [1.54, 1.807) is 10.7 Å². The quantitative estimate of drug-likeness (QED) is 0.602. The first kappa shape index (κ1) is 12.0. The highest BCUT2D eigenvalue weighted by atomic mass is 16.5. The van der Waals surface area contributed by atoms with E-state index in [9.17, 15) is 9.59 Å². The number of hydrogen-bond acceptors (Lipinski definition) is 4. The van der Waals surface area contributed by atoms with Crippen LogP contribution in [0.15, 0.2) is 36.4 Å². The number of methoxy groups -OCH3 is 1. The fraction of sp³-hybridized carbons (Fsp3) is 0.154. The summed E-state index contributed by atoms with van der Waals surface area (Å²) in [7, 11) is 1.33. The Kier molecular flexibility index (Phi) is 3.52. The summed E-state index contributed by atoms with van der Waals surface area (Å²) in [5.41, 5.74) is 1.71. The summed E-state index contributed by atoms with van der Waals surface area (Å²) < 4.78 is 6.19. The Labute approximate surface area is 104 Å². The van der Waals surface area contributed by atoms with Crippen LogP contribution in [0, 0.1) is 0 Å². The molecule has 0 saturated heterocycles. The molecule has 0 aliphatic carbocycles. The maximum Gasteiger partial charge on any atom is 0.311 e. The van der Waals surface area contributed by atoms with Gasteiger partial charge < -0.3 is 4.74 Å². The van der Waals surface area contributed by atoms with Crippen molar-refractivity contribution < 1.29 is 14.3 Å². The van der Waals surface area contributed by atoms with Crippen molar-refractivity contribution in [3.63, 3.8) is 0 Å². The Morgan fingerprint density at radius 2 is 2.11 bits per heavy atom. The minimum absolute atomic E-state index is 0.0756. The summed E-state index contributed by atoms with van der Waals surface area (Å²) in [6.07, 6.45) is 0.729. The van der Waals surface area contributed by atoms with Crippen molar-refractivity contribution in [2.24, 2.45) is 0 Å². The highest BCUT2D eigenvalue weighted by Crippen LogP contribution is 2.12. The van der Waals surface area contributed by atoms with E-state index in [1.807, 2.05) is 30.3 Å². The Morgan fingerprint density at radius 3 is 2.72 bits per heavy atom. The summed E-state index contributed by atoms with van der Waals surface area (Å²) >= 11 is 0. The number of benzene rings is 1. The molecule has 1 aromatic heterocycles. The molecule has 5 heteroatoms. The molecule has 0 saturated carbocycles. The largest absolute Gasteiger partial charge is 0.469 e. The standard InChI is InChI=1S/C13H12N2O3/c1-18-13(17)8-12-7-10(9-16)14-15(12)11-5-3-2-4-6-11/h2-7,9H,8H2,1H3. The van der Waals surface area contributed by atoms with Crippen molar-refractivity contribution in [2.45, 2.75) is 6.42 Å². The number of aromatic nitrogens is 2. The third kappa shape index (κ3) is 2.45. The van der Waals surface area contributed by atoms with Gasteiger partial charge in [0.2, 0.25) is 0 Å². The smallest absolute Gasteiger partial charge is 0.311 e. The van der Waals surface area contributed by atoms with Crippen molar-refractivity contribution in [3.8, 4) is 5.69 Å². The molecule has 0 atom stereocenters. The van der Waals surface area contributed by atoms with Crippen LogP contribution in [-0.4, -0.2) is 29.1 Å². The van der Waals surface area contributed by atoms with E-state index >= 15 is 0 Å². The number of esters is 1. The van der Waals surface area contributed by atoms with Gasteiger partial charge >= 0.3 is 5.97 Å². The SMILES string of the molecule is COC(=O)Cc1cc(C=O)nn1-c1ccccc1. The van der Waals surface area contributed by atoms with Gasteiger partial charge in [-0.25, -0.2) is 4.68 Å². The molecule has 0 unspecified atom stereocenters. The van der Waals surface area contributed by atoms with Gasteiger partial charge in [-0.1, -0.05) is 18.2 Å². The fourth-order valence-electron chi connectivity index (χ4n) is 1.64. The van der Waals surface area contributed by atoms with Crippen molar-refractivity contribution >= 4 is 12.3 Å². The zero-order valence-electron chi connectivity index (χ0n) is 9.87. The normalized spacial score (nSPS) is 10.1. The molecule has 0 bridgehead atoms. The lowest BCUT2D eigenvalue weighted by molar-refractivity contribution is -0.139. The molecule has 1 aromatic carbocycles. The third-order valence-electron chi connectivity index (χ3n) is 2.48. The van der Waals surface area contributed by atoms with Crippen LogP contribution >= 0.6 is 0 Å². The predicted molar refractivity (Wildman–Crippen MR) is 64.7 cm³/mol. The van der Waals surface area contributed by atoms with Gasteiger partial charge in [-0.05, 0) is 18.2 Å². The number of rotatable bonds is 4. The monoisotopic (exact) mass is 244 g/mol. The van der Waals surface area contributed by atoms with E-state index in [0.717, 1.165) is 5.69 Å². The maximum absolute atomic E-state index is 11.3. The molecule has 0 N–H and O–H groups in total. The number of carbonyl (C=O) groups is 2. The van der Waals surface area contributed by atoms with E-state index in [0.29, 0.717) is 12.0 Å². The van der Waals surface area contributed by atoms with Gasteiger partial charge in [0.15, 0.2) is 6.29 Å². The first-order valence-corrected chi connectivity index (χ1v) is 5.41. The van der Waals surface area contributed by atoms with Gasteiger partial charge in [0, 0.05) is 0 Å². The van der Waals surface area contributed by atoms with Gasteiger partial charge in [0.25, 0.3) is 0 Å². The second-order valence-electron chi connectivity index (χ2n) is 3.68. The number of carbonyl (C=O) groups excluding carboxylic acids is 2. The lowest BCUT2D eigenvalue weighted by atomic mass is 10.2. The molecule has 18 heavy (non-hydrogen) atoms. The first-order valence-electron chi connectivity index (χ1n) is 5.41. The summed E-state index contributed by atoms with van der Waals surface area (Å²) in [6.45, 7) is 0. The van der Waals surface area contributed by atoms with Crippen LogP contribution in [0.5, 0.6) is 0 Å². The molecular weight excluding hydrogens is 232 g/mol. The molecule has 0 spiro atoms. The molecule has 0 aliphatic heterocycles. The Hall–Kier alpha value is -2.43. The van der Waals surface area contributed by atoms with Gasteiger partial charge in [-0.2, -0.15) is 5.10 Å². The van der Waals surface area contributed by atoms with E-state index in [1.165, 1.54) is 7.11 Å². The van der Waals surface area contributed by atoms with Crippen LogP contribution in [0.4, 0.5) is 0 Å². The molecular formula is C13H12N2O3. The summed E-state index contributed by atoms with van der Waals surface area (Å²) in [4.78, 5) is 22.1. The molecule has 2 aromatic rings. The van der Waals surface area contributed by atoms with Crippen molar-refractivity contribution in [2.75, 3.05) is 7.11 Å². The molecule has 1 heterocycles. The average molecular weight is 244 g/mol. The van der Waals surface area contributed by atoms with Crippen molar-refractivity contribution in [1.29, 1.82) is 0 Å². The lowest BCUT2D eigenvalue weighted by Crippen LogP contribution is -2.10. The Bertz CT molecular complexity index is 561. The van der Waals surface area contributed by atoms with E-state index in [-0.39, 0.29) is 18.1 Å². The van der Waals surface area contributed by atoms with Crippen molar-refractivity contribution in [3.05, 3.63) is 47.8 Å². The zero-order chi connectivity index (χ0) is 13.0. The minimum Gasteiger partial charge on any atom is -0.469 e. The number of nitrogens with zero attached hydrogens (tertiary/aromatic N) is 2. The van der Waals surface area contributed by atoms with Crippen LogP contribution in [0.3, 0.4) is 0 Å².